The smallest absolute Gasteiger partial charge is 0.147 e. The van der Waals surface area contributed by atoms with Gasteiger partial charge in [-0.1, -0.05) is 18.2 Å². The molecule has 0 unspecified atom stereocenters. The Bertz CT molecular complexity index is 860. The van der Waals surface area contributed by atoms with Gasteiger partial charge in [0.1, 0.15) is 17.5 Å². The monoisotopic (exact) mass is 297 g/mol. The minimum atomic E-state index is -0.659. The largest absolute Gasteiger partial charge is 0.261 e. The second-order valence-corrected chi connectivity index (χ2v) is 4.88. The summed E-state index contributed by atoms with van der Waals surface area (Å²) < 4.78 is 26.3. The number of hydrazone groups is 1. The van der Waals surface area contributed by atoms with Crippen molar-refractivity contribution in [2.24, 2.45) is 5.10 Å². The molecule has 0 aliphatic rings. The van der Waals surface area contributed by atoms with E-state index in [-0.39, 0.29) is 5.56 Å². The fourth-order valence-electron chi connectivity index (χ4n) is 2.18. The van der Waals surface area contributed by atoms with Crippen LogP contribution in [0.3, 0.4) is 0 Å². The van der Waals surface area contributed by atoms with Gasteiger partial charge in [0.25, 0.3) is 0 Å². The molecule has 0 aliphatic heterocycles. The van der Waals surface area contributed by atoms with Crippen molar-refractivity contribution < 1.29 is 8.78 Å². The molecule has 1 aromatic heterocycles. The van der Waals surface area contributed by atoms with Crippen molar-refractivity contribution in [3.63, 3.8) is 0 Å². The summed E-state index contributed by atoms with van der Waals surface area (Å²) >= 11 is 0. The van der Waals surface area contributed by atoms with E-state index in [4.69, 9.17) is 0 Å². The maximum absolute atomic E-state index is 13.5. The van der Waals surface area contributed by atoms with Gasteiger partial charge in [-0.05, 0) is 36.8 Å². The first-order valence-corrected chi connectivity index (χ1v) is 6.74. The predicted octanol–water partition coefficient (Wildman–Crippen LogP) is 4.27. The summed E-state index contributed by atoms with van der Waals surface area (Å²) in [7, 11) is 0. The molecule has 110 valence electrons. The lowest BCUT2D eigenvalue weighted by atomic mass is 10.1. The van der Waals surface area contributed by atoms with E-state index in [9.17, 15) is 8.78 Å². The van der Waals surface area contributed by atoms with Crippen molar-refractivity contribution >= 4 is 22.9 Å². The highest BCUT2D eigenvalue weighted by atomic mass is 19.1. The number of benzene rings is 2. The Balaban J connectivity index is 1.83. The molecule has 0 atom stereocenters. The van der Waals surface area contributed by atoms with Crippen molar-refractivity contribution in [3.05, 3.63) is 71.3 Å². The Morgan fingerprint density at radius 3 is 2.73 bits per heavy atom. The average Bonchev–Trinajstić information content (AvgIpc) is 2.50. The van der Waals surface area contributed by atoms with Crippen LogP contribution in [0.25, 0.3) is 10.9 Å². The van der Waals surface area contributed by atoms with E-state index in [2.05, 4.69) is 15.5 Å². The molecule has 0 saturated heterocycles. The maximum Gasteiger partial charge on any atom is 0.147 e. The number of fused-ring (bicyclic) bond motifs is 1. The maximum atomic E-state index is 13.5. The lowest BCUT2D eigenvalue weighted by Gasteiger charge is -2.05. The van der Waals surface area contributed by atoms with Crippen LogP contribution in [0.4, 0.5) is 14.6 Å². The lowest BCUT2D eigenvalue weighted by molar-refractivity contribution is 0.582. The van der Waals surface area contributed by atoms with Gasteiger partial charge in [0, 0.05) is 17.0 Å². The van der Waals surface area contributed by atoms with Gasteiger partial charge in [-0.15, -0.1) is 0 Å². The normalized spacial score (nSPS) is 11.2. The number of anilines is 1. The van der Waals surface area contributed by atoms with E-state index in [0.717, 1.165) is 22.5 Å². The first-order valence-electron chi connectivity index (χ1n) is 6.74. The van der Waals surface area contributed by atoms with Crippen LogP contribution in [0.15, 0.2) is 53.6 Å². The fourth-order valence-corrected chi connectivity index (χ4v) is 2.18. The van der Waals surface area contributed by atoms with Crippen LogP contribution in [0, 0.1) is 18.6 Å². The van der Waals surface area contributed by atoms with E-state index in [1.807, 2.05) is 37.3 Å². The van der Waals surface area contributed by atoms with E-state index in [1.165, 1.54) is 18.3 Å². The summed E-state index contributed by atoms with van der Waals surface area (Å²) in [4.78, 5) is 4.43. The fraction of sp³-hybridized carbons (Fsp3) is 0.0588. The van der Waals surface area contributed by atoms with Gasteiger partial charge in [0.2, 0.25) is 0 Å². The van der Waals surface area contributed by atoms with Crippen molar-refractivity contribution in [1.29, 1.82) is 0 Å². The first-order chi connectivity index (χ1) is 10.6. The molecule has 0 bridgehead atoms. The molecular formula is C17H13F2N3. The Labute approximate surface area is 126 Å². The highest BCUT2D eigenvalue weighted by Gasteiger charge is 2.02. The van der Waals surface area contributed by atoms with Crippen molar-refractivity contribution in [2.75, 3.05) is 5.43 Å². The van der Waals surface area contributed by atoms with Crippen LogP contribution in [0.5, 0.6) is 0 Å². The minimum Gasteiger partial charge on any atom is -0.261 e. The van der Waals surface area contributed by atoms with Crippen molar-refractivity contribution in [3.8, 4) is 0 Å². The number of aromatic nitrogens is 1. The van der Waals surface area contributed by atoms with E-state index < -0.39 is 11.6 Å². The third-order valence-corrected chi connectivity index (χ3v) is 3.27. The number of aryl methyl sites for hydroxylation is 1. The third kappa shape index (κ3) is 2.93. The molecule has 3 aromatic rings. The van der Waals surface area contributed by atoms with Crippen LogP contribution in [-0.2, 0) is 0 Å². The van der Waals surface area contributed by atoms with Gasteiger partial charge in [-0.25, -0.2) is 13.8 Å². The van der Waals surface area contributed by atoms with Gasteiger partial charge >= 0.3 is 0 Å². The summed E-state index contributed by atoms with van der Waals surface area (Å²) in [6.45, 7) is 1.98. The van der Waals surface area contributed by atoms with Gasteiger partial charge in [-0.2, -0.15) is 5.10 Å². The highest BCUT2D eigenvalue weighted by Crippen LogP contribution is 2.19. The quantitative estimate of drug-likeness (QED) is 0.579. The molecule has 0 spiro atoms. The zero-order valence-electron chi connectivity index (χ0n) is 11.8. The SMILES string of the molecule is Cc1cc(N/N=C/c2ccc(F)cc2F)nc2ccccc12. The second kappa shape index (κ2) is 5.89. The number of rotatable bonds is 3. The summed E-state index contributed by atoms with van der Waals surface area (Å²) in [6, 6.07) is 13.0. The van der Waals surface area contributed by atoms with Gasteiger partial charge in [0.05, 0.1) is 11.7 Å². The summed E-state index contributed by atoms with van der Waals surface area (Å²) in [6.07, 6.45) is 1.29. The van der Waals surface area contributed by atoms with Crippen LogP contribution >= 0.6 is 0 Å². The molecular weight excluding hydrogens is 284 g/mol. The Kier molecular flexibility index (Phi) is 3.78. The third-order valence-electron chi connectivity index (χ3n) is 3.27. The van der Waals surface area contributed by atoms with Gasteiger partial charge in [-0.3, -0.25) is 5.43 Å². The van der Waals surface area contributed by atoms with E-state index in [1.54, 1.807) is 0 Å². The topological polar surface area (TPSA) is 37.3 Å². The molecule has 2 aromatic carbocycles. The van der Waals surface area contributed by atoms with Crippen LogP contribution in [0.1, 0.15) is 11.1 Å². The second-order valence-electron chi connectivity index (χ2n) is 4.88. The number of pyridine rings is 1. The standard InChI is InChI=1S/C17H13F2N3/c1-11-8-17(21-16-5-3-2-4-14(11)16)22-20-10-12-6-7-13(18)9-15(12)19/h2-10H,1H3,(H,21,22)/b20-10+. The van der Waals surface area contributed by atoms with Crippen molar-refractivity contribution in [2.45, 2.75) is 6.92 Å². The predicted molar refractivity (Wildman–Crippen MR) is 84.1 cm³/mol. The highest BCUT2D eigenvalue weighted by molar-refractivity contribution is 5.84. The van der Waals surface area contributed by atoms with Gasteiger partial charge in [0.15, 0.2) is 0 Å². The zero-order chi connectivity index (χ0) is 15.5. The number of nitrogens with zero attached hydrogens (tertiary/aromatic N) is 2. The average molecular weight is 297 g/mol. The Hall–Kier alpha value is -2.82. The molecule has 0 saturated carbocycles. The minimum absolute atomic E-state index is 0.200. The molecule has 0 amide bonds. The zero-order valence-corrected chi connectivity index (χ0v) is 11.8. The molecule has 1 N–H and O–H groups in total. The molecule has 3 nitrogen and oxygen atoms in total. The van der Waals surface area contributed by atoms with E-state index >= 15 is 0 Å². The number of hydrogen-bond acceptors (Lipinski definition) is 3. The number of para-hydroxylation sites is 1. The molecule has 3 rings (SSSR count). The van der Waals surface area contributed by atoms with Crippen LogP contribution in [-0.4, -0.2) is 11.2 Å². The molecule has 0 fully saturated rings. The molecule has 5 heteroatoms. The number of halogens is 2. The summed E-state index contributed by atoms with van der Waals surface area (Å²) in [5.41, 5.74) is 4.89. The van der Waals surface area contributed by atoms with Crippen LogP contribution < -0.4 is 5.43 Å². The van der Waals surface area contributed by atoms with Crippen LogP contribution in [0.2, 0.25) is 0 Å². The Morgan fingerprint density at radius 1 is 1.09 bits per heavy atom. The summed E-state index contributed by atoms with van der Waals surface area (Å²) in [5.74, 6) is -0.711. The molecule has 0 radical (unpaired) electrons. The number of nitrogens with one attached hydrogen (secondary N) is 1. The molecule has 1 heterocycles. The summed E-state index contributed by atoms with van der Waals surface area (Å²) in [5, 5.41) is 5.02. The molecule has 0 aliphatic carbocycles. The first kappa shape index (κ1) is 14.1. The Morgan fingerprint density at radius 2 is 1.91 bits per heavy atom. The molecule has 22 heavy (non-hydrogen) atoms. The van der Waals surface area contributed by atoms with Gasteiger partial charge < -0.3 is 0 Å². The van der Waals surface area contributed by atoms with E-state index in [0.29, 0.717) is 5.82 Å². The lowest BCUT2D eigenvalue weighted by Crippen LogP contribution is -1.97. The number of hydrogen-bond donors (Lipinski definition) is 1. The van der Waals surface area contributed by atoms with Crippen molar-refractivity contribution in [1.82, 2.24) is 4.98 Å².